The number of halogens is 1. The van der Waals surface area contributed by atoms with Crippen molar-refractivity contribution in [3.05, 3.63) is 71.6 Å². The summed E-state index contributed by atoms with van der Waals surface area (Å²) >= 11 is 0. The van der Waals surface area contributed by atoms with Crippen molar-refractivity contribution in [1.82, 2.24) is 53.9 Å². The summed E-state index contributed by atoms with van der Waals surface area (Å²) in [5, 5.41) is 15.2. The summed E-state index contributed by atoms with van der Waals surface area (Å²) in [6, 6.07) is 5.57. The number of piperazine rings is 1. The summed E-state index contributed by atoms with van der Waals surface area (Å²) in [7, 11) is -3.51. The van der Waals surface area contributed by atoms with Crippen LogP contribution in [0, 0.1) is 5.82 Å². The number of hydrogen-bond acceptors (Lipinski definition) is 15. The Labute approximate surface area is 361 Å². The van der Waals surface area contributed by atoms with Gasteiger partial charge in [0, 0.05) is 75.3 Å². The molecule has 4 fully saturated rings. The van der Waals surface area contributed by atoms with Crippen LogP contribution in [0.2, 0.25) is 0 Å². The highest BCUT2D eigenvalue weighted by Gasteiger charge is 2.45. The molecule has 328 valence electrons. The third-order valence-electron chi connectivity index (χ3n) is 12.7. The Hall–Kier alpha value is -6.19. The molecule has 0 radical (unpaired) electrons. The van der Waals surface area contributed by atoms with Gasteiger partial charge in [0.2, 0.25) is 11.8 Å². The van der Waals surface area contributed by atoms with E-state index in [4.69, 9.17) is 10.1 Å². The Kier molecular flexibility index (Phi) is 10.3. The highest BCUT2D eigenvalue weighted by atomic mass is 32.2. The van der Waals surface area contributed by atoms with Crippen LogP contribution < -0.4 is 15.5 Å². The Morgan fingerprint density at radius 1 is 0.889 bits per heavy atom. The number of hydrogen-bond donors (Lipinski definition) is 2. The molecule has 1 aromatic carbocycles. The molecule has 3 saturated heterocycles. The number of fused-ring (bicyclic) bond motifs is 2. The first-order chi connectivity index (χ1) is 30.3. The van der Waals surface area contributed by atoms with E-state index in [0.717, 1.165) is 83.9 Å². The average molecular weight is 880 g/mol. The average Bonchev–Trinajstić information content (AvgIpc) is 3.82. The van der Waals surface area contributed by atoms with Gasteiger partial charge in [-0.3, -0.25) is 43.9 Å². The van der Waals surface area contributed by atoms with Crippen LogP contribution in [-0.4, -0.2) is 137 Å². The molecule has 0 spiro atoms. The molecular weight excluding hydrogens is 834 g/mol. The van der Waals surface area contributed by atoms with Crippen LogP contribution in [0.4, 0.5) is 21.8 Å². The molecule has 1 unspecified atom stereocenters. The predicted octanol–water partition coefficient (Wildman–Crippen LogP) is 3.08. The van der Waals surface area contributed by atoms with Crippen molar-refractivity contribution in [1.29, 1.82) is 0 Å². The number of anilines is 3. The number of imide groups is 2. The van der Waals surface area contributed by atoms with E-state index < -0.39 is 45.5 Å². The van der Waals surface area contributed by atoms with Gasteiger partial charge in [-0.15, -0.1) is 0 Å². The fourth-order valence-corrected chi connectivity index (χ4v) is 10.6. The lowest BCUT2D eigenvalue weighted by Gasteiger charge is -2.43. The van der Waals surface area contributed by atoms with E-state index >= 15 is 4.39 Å². The summed E-state index contributed by atoms with van der Waals surface area (Å²) in [5.41, 5.74) is 1.76. The summed E-state index contributed by atoms with van der Waals surface area (Å²) < 4.78 is 43.7. The van der Waals surface area contributed by atoms with E-state index in [1.54, 1.807) is 12.3 Å². The first kappa shape index (κ1) is 40.9. The topological polar surface area (TPSA) is 214 Å². The molecule has 1 atom stereocenters. The Bertz CT molecular complexity index is 2790. The third kappa shape index (κ3) is 7.60. The SMILES string of the molecule is CC(C)n1nc(N2CCN(C3CCN(Cc4cc5c(cc4F)C(=O)N(C4CCC(=O)NC4=O)C5=O)CC3)CC2)c2cnc(Nc3ccnc(-c4cnn(S(=O)(=O)C5CC5)c4)n3)cc21. The van der Waals surface area contributed by atoms with Crippen LogP contribution in [0.5, 0.6) is 0 Å². The molecule has 19 nitrogen and oxygen atoms in total. The van der Waals surface area contributed by atoms with Gasteiger partial charge in [-0.25, -0.2) is 27.8 Å². The van der Waals surface area contributed by atoms with Crippen molar-refractivity contribution < 1.29 is 32.0 Å². The quantitative estimate of drug-likeness (QED) is 0.183. The molecule has 21 heteroatoms. The fraction of sp³-hybridized carbons (Fsp3) is 0.452. The number of amides is 4. The molecule has 0 bridgehead atoms. The lowest BCUT2D eigenvalue weighted by Crippen LogP contribution is -2.54. The number of aromatic nitrogens is 7. The number of piperidine rings is 2. The normalized spacial score (nSPS) is 20.6. The Balaban J connectivity index is 0.757. The van der Waals surface area contributed by atoms with Gasteiger partial charge in [0.15, 0.2) is 11.6 Å². The van der Waals surface area contributed by atoms with Crippen LogP contribution in [0.25, 0.3) is 22.3 Å². The van der Waals surface area contributed by atoms with Gasteiger partial charge in [-0.05, 0) is 77.2 Å². The van der Waals surface area contributed by atoms with E-state index in [2.05, 4.69) is 54.2 Å². The summed E-state index contributed by atoms with van der Waals surface area (Å²) in [6.45, 7) is 9.24. The van der Waals surface area contributed by atoms with E-state index in [-0.39, 0.29) is 41.8 Å². The molecule has 5 aromatic rings. The van der Waals surface area contributed by atoms with Crippen molar-refractivity contribution in [3.63, 3.8) is 0 Å². The molecule has 4 aromatic heterocycles. The van der Waals surface area contributed by atoms with E-state index in [1.165, 1.54) is 18.5 Å². The molecule has 10 rings (SSSR count). The highest BCUT2D eigenvalue weighted by Crippen LogP contribution is 2.34. The largest absolute Gasteiger partial charge is 0.352 e. The van der Waals surface area contributed by atoms with Gasteiger partial charge in [-0.2, -0.15) is 14.3 Å². The predicted molar refractivity (Wildman–Crippen MR) is 227 cm³/mol. The number of pyridine rings is 1. The van der Waals surface area contributed by atoms with Crippen LogP contribution in [-0.2, 0) is 26.2 Å². The zero-order valence-electron chi connectivity index (χ0n) is 34.8. The lowest BCUT2D eigenvalue weighted by molar-refractivity contribution is -0.136. The second-order valence-corrected chi connectivity index (χ2v) is 19.2. The molecule has 1 aliphatic carbocycles. The Morgan fingerprint density at radius 3 is 2.35 bits per heavy atom. The molecule has 4 amide bonds. The van der Waals surface area contributed by atoms with E-state index in [1.807, 2.05) is 16.9 Å². The number of nitrogens with one attached hydrogen (secondary N) is 2. The van der Waals surface area contributed by atoms with Gasteiger partial charge < -0.3 is 10.2 Å². The van der Waals surface area contributed by atoms with Crippen LogP contribution in [0.15, 0.2) is 49.1 Å². The Morgan fingerprint density at radius 2 is 1.63 bits per heavy atom. The number of nitrogens with zero attached hydrogens (tertiary/aromatic N) is 11. The lowest BCUT2D eigenvalue weighted by atomic mass is 10.00. The zero-order chi connectivity index (χ0) is 43.7. The van der Waals surface area contributed by atoms with Gasteiger partial charge in [0.05, 0.1) is 45.2 Å². The highest BCUT2D eigenvalue weighted by molar-refractivity contribution is 7.90. The maximum absolute atomic E-state index is 15.4. The van der Waals surface area contributed by atoms with Crippen LogP contribution in [0.3, 0.4) is 0 Å². The summed E-state index contributed by atoms with van der Waals surface area (Å²) in [4.78, 5) is 72.1. The van der Waals surface area contributed by atoms with Gasteiger partial charge >= 0.3 is 0 Å². The number of carbonyl (C=O) groups is 4. The molecule has 8 heterocycles. The van der Waals surface area contributed by atoms with Gasteiger partial charge in [-0.1, -0.05) is 0 Å². The number of rotatable bonds is 11. The molecular formula is C42H46FN13O6S. The van der Waals surface area contributed by atoms with Crippen molar-refractivity contribution in [2.24, 2.45) is 0 Å². The van der Waals surface area contributed by atoms with Crippen LogP contribution in [0.1, 0.15) is 84.7 Å². The van der Waals surface area contributed by atoms with Crippen molar-refractivity contribution in [2.45, 2.75) is 82.3 Å². The standard InChI is InChI=1S/C42H46FN13O6S/c1-24(2)56-34-19-36(47-35-7-10-44-38(48-35)26-20-46-54(23-26)63(61,62)28-3-4-28)45-21-31(34)39(50-56)53-15-13-52(14-16-53)27-8-11-51(12-9-27)22-25-17-29-30(18-32(25)43)42(60)55(41(29)59)33-5-6-37(57)49-40(33)58/h7,10,17-21,23-24,27-28,33H,3-6,8-9,11-16,22H2,1-2H3,(H,49,57,58)(H,44,45,47,48). The van der Waals surface area contributed by atoms with Crippen molar-refractivity contribution in [3.8, 4) is 11.4 Å². The number of carbonyl (C=O) groups excluding carboxylic acids is 4. The molecule has 4 aliphatic heterocycles. The molecule has 5 aliphatic rings. The zero-order valence-corrected chi connectivity index (χ0v) is 35.6. The first-order valence-corrected chi connectivity index (χ1v) is 22.9. The fourth-order valence-electron chi connectivity index (χ4n) is 9.13. The van der Waals surface area contributed by atoms with Crippen molar-refractivity contribution >= 4 is 62.0 Å². The summed E-state index contributed by atoms with van der Waals surface area (Å²) in [6.07, 6.45) is 9.48. The maximum Gasteiger partial charge on any atom is 0.262 e. The molecule has 63 heavy (non-hydrogen) atoms. The number of benzene rings is 1. The number of likely N-dealkylation sites (tertiary alicyclic amines) is 1. The minimum atomic E-state index is -3.51. The van der Waals surface area contributed by atoms with Gasteiger partial charge in [0.1, 0.15) is 23.5 Å². The second-order valence-electron chi connectivity index (χ2n) is 17.2. The maximum atomic E-state index is 15.4. The molecule has 1 saturated carbocycles. The second kappa shape index (κ2) is 15.9. The smallest absolute Gasteiger partial charge is 0.262 e. The minimum Gasteiger partial charge on any atom is -0.352 e. The minimum absolute atomic E-state index is 0.0131. The van der Waals surface area contributed by atoms with E-state index in [0.29, 0.717) is 47.5 Å². The monoisotopic (exact) mass is 879 g/mol. The summed E-state index contributed by atoms with van der Waals surface area (Å²) in [5.74, 6) is -0.812. The van der Waals surface area contributed by atoms with Gasteiger partial charge in [0.25, 0.3) is 21.8 Å². The third-order valence-corrected chi connectivity index (χ3v) is 14.7. The van der Waals surface area contributed by atoms with E-state index in [9.17, 15) is 27.6 Å². The van der Waals surface area contributed by atoms with Crippen molar-refractivity contribution in [2.75, 3.05) is 49.5 Å². The molecule has 2 N–H and O–H groups in total. The van der Waals surface area contributed by atoms with Crippen LogP contribution >= 0.6 is 0 Å². The first-order valence-electron chi connectivity index (χ1n) is 21.4.